The molecule has 1 aliphatic heterocycles. The Kier molecular flexibility index (Phi) is 4.49. The normalized spacial score (nSPS) is 29.9. The lowest BCUT2D eigenvalue weighted by Crippen LogP contribution is -2.48. The van der Waals surface area contributed by atoms with Crippen LogP contribution in [-0.2, 0) is 4.79 Å². The van der Waals surface area contributed by atoms with Crippen molar-refractivity contribution in [1.82, 2.24) is 4.90 Å². The molecule has 4 heteroatoms. The van der Waals surface area contributed by atoms with Gasteiger partial charge in [-0.1, -0.05) is 18.6 Å². The van der Waals surface area contributed by atoms with Gasteiger partial charge < -0.3 is 10.2 Å². The average Bonchev–Trinajstić information content (AvgIpc) is 3.19. The van der Waals surface area contributed by atoms with Crippen molar-refractivity contribution >= 4 is 17.3 Å². The molecule has 3 unspecified atom stereocenters. The lowest BCUT2D eigenvalue weighted by molar-refractivity contribution is -0.114. The maximum absolute atomic E-state index is 11.4. The molecule has 24 heavy (non-hydrogen) atoms. The molecular weight excluding hydrogens is 298 g/mol. The fourth-order valence-electron chi connectivity index (χ4n) is 5.15. The molecule has 1 aromatic rings. The van der Waals surface area contributed by atoms with E-state index in [-0.39, 0.29) is 5.91 Å². The summed E-state index contributed by atoms with van der Waals surface area (Å²) in [6.45, 7) is 7.27. The zero-order chi connectivity index (χ0) is 16.5. The van der Waals surface area contributed by atoms with Crippen molar-refractivity contribution in [2.24, 2.45) is 17.8 Å². The van der Waals surface area contributed by atoms with Gasteiger partial charge in [-0.25, -0.2) is 0 Å². The second-order valence-electron chi connectivity index (χ2n) is 7.92. The number of hydrogen-bond acceptors (Lipinski definition) is 3. The van der Waals surface area contributed by atoms with Gasteiger partial charge in [0.25, 0.3) is 0 Å². The Morgan fingerprint density at radius 3 is 2.58 bits per heavy atom. The van der Waals surface area contributed by atoms with Crippen molar-refractivity contribution in [3.63, 3.8) is 0 Å². The Morgan fingerprint density at radius 2 is 1.92 bits per heavy atom. The van der Waals surface area contributed by atoms with E-state index in [1.165, 1.54) is 32.2 Å². The van der Waals surface area contributed by atoms with E-state index >= 15 is 0 Å². The third-order valence-electron chi connectivity index (χ3n) is 6.30. The van der Waals surface area contributed by atoms with Crippen molar-refractivity contribution in [3.05, 3.63) is 24.3 Å². The summed E-state index contributed by atoms with van der Waals surface area (Å²) in [6.07, 6.45) is 5.97. The van der Waals surface area contributed by atoms with Crippen LogP contribution in [0.3, 0.4) is 0 Å². The highest BCUT2D eigenvalue weighted by Crippen LogP contribution is 2.48. The van der Waals surface area contributed by atoms with Gasteiger partial charge in [-0.3, -0.25) is 9.69 Å². The predicted octanol–water partition coefficient (Wildman–Crippen LogP) is 3.20. The molecule has 2 bridgehead atoms. The van der Waals surface area contributed by atoms with E-state index in [0.717, 1.165) is 55.3 Å². The Morgan fingerprint density at radius 1 is 1.12 bits per heavy atom. The fourth-order valence-corrected chi connectivity index (χ4v) is 5.15. The minimum atomic E-state index is -0.00243. The molecule has 0 aromatic heterocycles. The van der Waals surface area contributed by atoms with E-state index in [2.05, 4.69) is 27.2 Å². The Balaban J connectivity index is 1.34. The number of amides is 1. The SMILES string of the molecule is CC(=O)Nc1ccccc1N1CCN(CC2CC3CCC2C3)CC1. The van der Waals surface area contributed by atoms with E-state index in [1.54, 1.807) is 6.92 Å². The van der Waals surface area contributed by atoms with Crippen LogP contribution in [0.15, 0.2) is 24.3 Å². The van der Waals surface area contributed by atoms with Crippen molar-refractivity contribution in [3.8, 4) is 0 Å². The van der Waals surface area contributed by atoms with Crippen molar-refractivity contribution in [2.75, 3.05) is 42.9 Å². The number of rotatable bonds is 4. The third-order valence-corrected chi connectivity index (χ3v) is 6.30. The Hall–Kier alpha value is -1.55. The first-order valence-corrected chi connectivity index (χ1v) is 9.53. The van der Waals surface area contributed by atoms with Gasteiger partial charge in [0.15, 0.2) is 0 Å². The summed E-state index contributed by atoms with van der Waals surface area (Å²) in [5.74, 6) is 3.03. The minimum absolute atomic E-state index is 0.00243. The summed E-state index contributed by atoms with van der Waals surface area (Å²) < 4.78 is 0. The molecule has 1 aromatic carbocycles. The smallest absolute Gasteiger partial charge is 0.221 e. The Bertz CT molecular complexity index is 594. The molecule has 2 aliphatic carbocycles. The maximum Gasteiger partial charge on any atom is 0.221 e. The molecule has 1 heterocycles. The van der Waals surface area contributed by atoms with Crippen LogP contribution in [0.1, 0.15) is 32.6 Å². The van der Waals surface area contributed by atoms with Gasteiger partial charge in [0, 0.05) is 39.6 Å². The number of anilines is 2. The zero-order valence-corrected chi connectivity index (χ0v) is 14.7. The molecule has 130 valence electrons. The molecular formula is C20H29N3O. The predicted molar refractivity (Wildman–Crippen MR) is 98.3 cm³/mol. The number of piperazine rings is 1. The van der Waals surface area contributed by atoms with E-state index in [0.29, 0.717) is 0 Å². The topological polar surface area (TPSA) is 35.6 Å². The largest absolute Gasteiger partial charge is 0.367 e. The number of nitrogens with one attached hydrogen (secondary N) is 1. The van der Waals surface area contributed by atoms with Crippen molar-refractivity contribution < 1.29 is 4.79 Å². The quantitative estimate of drug-likeness (QED) is 0.922. The van der Waals surface area contributed by atoms with Crippen LogP contribution in [0.5, 0.6) is 0 Å². The van der Waals surface area contributed by atoms with Gasteiger partial charge in [-0.15, -0.1) is 0 Å². The molecule has 3 atom stereocenters. The highest BCUT2D eigenvalue weighted by Gasteiger charge is 2.40. The molecule has 1 amide bonds. The van der Waals surface area contributed by atoms with Gasteiger partial charge in [-0.2, -0.15) is 0 Å². The number of nitrogens with zero attached hydrogens (tertiary/aromatic N) is 2. The summed E-state index contributed by atoms with van der Waals surface area (Å²) >= 11 is 0. The van der Waals surface area contributed by atoms with Gasteiger partial charge in [0.1, 0.15) is 0 Å². The third kappa shape index (κ3) is 3.30. The first-order chi connectivity index (χ1) is 11.7. The molecule has 1 saturated heterocycles. The van der Waals surface area contributed by atoms with E-state index in [9.17, 15) is 4.79 Å². The lowest BCUT2D eigenvalue weighted by atomic mass is 9.88. The minimum Gasteiger partial charge on any atom is -0.367 e. The van der Waals surface area contributed by atoms with E-state index in [1.807, 2.05) is 12.1 Å². The summed E-state index contributed by atoms with van der Waals surface area (Å²) in [6, 6.07) is 8.16. The van der Waals surface area contributed by atoms with Crippen LogP contribution in [0.2, 0.25) is 0 Å². The van der Waals surface area contributed by atoms with Crippen molar-refractivity contribution in [2.45, 2.75) is 32.6 Å². The summed E-state index contributed by atoms with van der Waals surface area (Å²) in [4.78, 5) is 16.5. The number of hydrogen-bond donors (Lipinski definition) is 1. The van der Waals surface area contributed by atoms with Crippen LogP contribution in [-0.4, -0.2) is 43.5 Å². The monoisotopic (exact) mass is 327 g/mol. The summed E-state index contributed by atoms with van der Waals surface area (Å²) in [5, 5.41) is 2.96. The van der Waals surface area contributed by atoms with Crippen molar-refractivity contribution in [1.29, 1.82) is 0 Å². The molecule has 4 nitrogen and oxygen atoms in total. The van der Waals surface area contributed by atoms with Crippen LogP contribution < -0.4 is 10.2 Å². The molecule has 3 fully saturated rings. The van der Waals surface area contributed by atoms with E-state index < -0.39 is 0 Å². The van der Waals surface area contributed by atoms with Gasteiger partial charge in [-0.05, 0) is 49.1 Å². The summed E-state index contributed by atoms with van der Waals surface area (Å²) in [7, 11) is 0. The van der Waals surface area contributed by atoms with Crippen LogP contribution >= 0.6 is 0 Å². The maximum atomic E-state index is 11.4. The first-order valence-electron chi connectivity index (χ1n) is 9.53. The van der Waals surface area contributed by atoms with Crippen LogP contribution in [0.25, 0.3) is 0 Å². The number of benzene rings is 1. The Labute approximate surface area is 145 Å². The van der Waals surface area contributed by atoms with Crippen LogP contribution in [0, 0.1) is 17.8 Å². The van der Waals surface area contributed by atoms with Gasteiger partial charge in [0.2, 0.25) is 5.91 Å². The molecule has 0 spiro atoms. The number of carbonyl (C=O) groups is 1. The summed E-state index contributed by atoms with van der Waals surface area (Å²) in [5.41, 5.74) is 2.10. The molecule has 1 N–H and O–H groups in total. The van der Waals surface area contributed by atoms with E-state index in [4.69, 9.17) is 0 Å². The molecule has 2 saturated carbocycles. The second kappa shape index (κ2) is 6.75. The van der Waals surface area contributed by atoms with Gasteiger partial charge >= 0.3 is 0 Å². The highest BCUT2D eigenvalue weighted by atomic mass is 16.1. The standard InChI is InChI=1S/C20H29N3O/c1-15(24)21-19-4-2-3-5-20(19)23-10-8-22(9-11-23)14-18-13-16-6-7-17(18)12-16/h2-5,16-18H,6-14H2,1H3,(H,21,24). The lowest BCUT2D eigenvalue weighted by Gasteiger charge is -2.39. The number of para-hydroxylation sites is 2. The second-order valence-corrected chi connectivity index (χ2v) is 7.92. The molecule has 3 aliphatic rings. The number of fused-ring (bicyclic) bond motifs is 2. The highest BCUT2D eigenvalue weighted by molar-refractivity contribution is 5.92. The zero-order valence-electron chi connectivity index (χ0n) is 14.7. The molecule has 4 rings (SSSR count). The van der Waals surface area contributed by atoms with Gasteiger partial charge in [0.05, 0.1) is 11.4 Å². The average molecular weight is 327 g/mol. The number of carbonyl (C=O) groups excluding carboxylic acids is 1. The molecule has 0 radical (unpaired) electrons. The first kappa shape index (κ1) is 15.9. The van der Waals surface area contributed by atoms with Crippen LogP contribution in [0.4, 0.5) is 11.4 Å². The fraction of sp³-hybridized carbons (Fsp3) is 0.650.